The second-order valence-electron chi connectivity index (χ2n) is 4.48. The van der Waals surface area contributed by atoms with Crippen molar-refractivity contribution in [3.8, 4) is 17.2 Å². The van der Waals surface area contributed by atoms with E-state index >= 15 is 0 Å². The molecule has 2 rings (SSSR count). The molecule has 5 heteroatoms. The van der Waals surface area contributed by atoms with Gasteiger partial charge in [0.25, 0.3) is 0 Å². The van der Waals surface area contributed by atoms with Gasteiger partial charge in [-0.05, 0) is 64.6 Å². The van der Waals surface area contributed by atoms with Crippen molar-refractivity contribution >= 4 is 34.5 Å². The molecule has 0 aliphatic carbocycles. The molecule has 0 saturated carbocycles. The molecule has 0 aliphatic rings. The summed E-state index contributed by atoms with van der Waals surface area (Å²) in [5.74, 6) is 0.978. The Bertz CT molecular complexity index is 723. The molecule has 0 heterocycles. The summed E-state index contributed by atoms with van der Waals surface area (Å²) in [7, 11) is 3.05. The molecule has 114 valence electrons. The first-order chi connectivity index (χ1) is 10.5. The minimum Gasteiger partial charge on any atom is -0.504 e. The number of rotatable bonds is 5. The third-order valence-electron chi connectivity index (χ3n) is 3.07. The van der Waals surface area contributed by atoms with Crippen molar-refractivity contribution in [3.63, 3.8) is 0 Å². The van der Waals surface area contributed by atoms with E-state index in [-0.39, 0.29) is 11.5 Å². The number of aromatic hydroxyl groups is 1. The van der Waals surface area contributed by atoms with Crippen LogP contribution in [-0.2, 0) is 0 Å². The van der Waals surface area contributed by atoms with Gasteiger partial charge in [-0.3, -0.25) is 4.79 Å². The Hall–Kier alpha value is -2.02. The highest BCUT2D eigenvalue weighted by Gasteiger charge is 2.07. The Kier molecular flexibility index (Phi) is 5.43. The van der Waals surface area contributed by atoms with Crippen molar-refractivity contribution in [2.75, 3.05) is 14.2 Å². The van der Waals surface area contributed by atoms with Gasteiger partial charge in [0.15, 0.2) is 17.3 Å². The number of benzene rings is 2. The van der Waals surface area contributed by atoms with Gasteiger partial charge >= 0.3 is 0 Å². The Morgan fingerprint density at radius 3 is 2.50 bits per heavy atom. The number of phenolic OH excluding ortho intramolecular Hbond substituents is 1. The highest BCUT2D eigenvalue weighted by molar-refractivity contribution is 14.1. The zero-order chi connectivity index (χ0) is 16.1. The molecule has 0 aromatic heterocycles. The summed E-state index contributed by atoms with van der Waals surface area (Å²) >= 11 is 2.15. The SMILES string of the molecule is COc1cc(/C=C/C(=O)c2ccc(I)c(OC)c2)ccc1O. The maximum atomic E-state index is 12.2. The lowest BCUT2D eigenvalue weighted by Gasteiger charge is -2.05. The summed E-state index contributed by atoms with van der Waals surface area (Å²) in [4.78, 5) is 12.2. The quantitative estimate of drug-likeness (QED) is 0.462. The summed E-state index contributed by atoms with van der Waals surface area (Å²) in [5.41, 5.74) is 1.32. The predicted molar refractivity (Wildman–Crippen MR) is 93.7 cm³/mol. The molecule has 0 unspecified atom stereocenters. The average molecular weight is 410 g/mol. The van der Waals surface area contributed by atoms with E-state index < -0.39 is 0 Å². The lowest BCUT2D eigenvalue weighted by Crippen LogP contribution is -1.96. The fourth-order valence-corrected chi connectivity index (χ4v) is 2.43. The first-order valence-corrected chi connectivity index (χ1v) is 7.56. The normalized spacial score (nSPS) is 10.7. The van der Waals surface area contributed by atoms with Gasteiger partial charge < -0.3 is 14.6 Å². The van der Waals surface area contributed by atoms with Crippen molar-refractivity contribution in [2.24, 2.45) is 0 Å². The van der Waals surface area contributed by atoms with Gasteiger partial charge in [0.1, 0.15) is 5.75 Å². The number of phenols is 1. The van der Waals surface area contributed by atoms with Gasteiger partial charge in [-0.25, -0.2) is 0 Å². The highest BCUT2D eigenvalue weighted by atomic mass is 127. The van der Waals surface area contributed by atoms with E-state index in [9.17, 15) is 9.90 Å². The van der Waals surface area contributed by atoms with Crippen LogP contribution in [0, 0.1) is 3.57 Å². The molecule has 0 aliphatic heterocycles. The number of hydrogen-bond acceptors (Lipinski definition) is 4. The van der Waals surface area contributed by atoms with Crippen molar-refractivity contribution in [3.05, 3.63) is 57.2 Å². The van der Waals surface area contributed by atoms with Gasteiger partial charge in [0.2, 0.25) is 0 Å². The molecule has 0 fully saturated rings. The molecule has 0 radical (unpaired) electrons. The van der Waals surface area contributed by atoms with E-state index in [1.807, 2.05) is 6.07 Å². The number of carbonyl (C=O) groups is 1. The van der Waals surface area contributed by atoms with Crippen molar-refractivity contribution < 1.29 is 19.4 Å². The molecule has 2 aromatic carbocycles. The third kappa shape index (κ3) is 3.79. The lowest BCUT2D eigenvalue weighted by atomic mass is 10.1. The summed E-state index contributed by atoms with van der Waals surface area (Å²) in [6.45, 7) is 0. The Balaban J connectivity index is 2.21. The second-order valence-corrected chi connectivity index (χ2v) is 5.64. The maximum Gasteiger partial charge on any atom is 0.185 e. The van der Waals surface area contributed by atoms with Crippen LogP contribution in [0.2, 0.25) is 0 Å². The summed E-state index contributed by atoms with van der Waals surface area (Å²) in [5, 5.41) is 9.54. The topological polar surface area (TPSA) is 55.8 Å². The highest BCUT2D eigenvalue weighted by Crippen LogP contribution is 2.27. The van der Waals surface area contributed by atoms with Crippen LogP contribution in [0.25, 0.3) is 6.08 Å². The number of allylic oxidation sites excluding steroid dienone is 1. The number of carbonyl (C=O) groups excluding carboxylic acids is 1. The van der Waals surface area contributed by atoms with Crippen LogP contribution < -0.4 is 9.47 Å². The van der Waals surface area contributed by atoms with Crippen LogP contribution in [0.5, 0.6) is 17.2 Å². The van der Waals surface area contributed by atoms with Crippen LogP contribution in [0.15, 0.2) is 42.5 Å². The van der Waals surface area contributed by atoms with E-state index in [1.54, 1.807) is 37.5 Å². The van der Waals surface area contributed by atoms with Gasteiger partial charge in [-0.1, -0.05) is 12.1 Å². The van der Waals surface area contributed by atoms with Crippen LogP contribution in [-0.4, -0.2) is 25.1 Å². The van der Waals surface area contributed by atoms with Gasteiger partial charge in [-0.2, -0.15) is 0 Å². The molecule has 0 amide bonds. The minimum absolute atomic E-state index is 0.0633. The second kappa shape index (κ2) is 7.31. The van der Waals surface area contributed by atoms with Crippen LogP contribution in [0.3, 0.4) is 0 Å². The average Bonchev–Trinajstić information content (AvgIpc) is 2.54. The zero-order valence-electron chi connectivity index (χ0n) is 12.2. The first-order valence-electron chi connectivity index (χ1n) is 6.48. The minimum atomic E-state index is -0.123. The molecule has 0 saturated heterocycles. The van der Waals surface area contributed by atoms with Gasteiger partial charge in [-0.15, -0.1) is 0 Å². The Morgan fingerprint density at radius 2 is 1.82 bits per heavy atom. The number of ether oxygens (including phenoxy) is 2. The molecule has 0 spiro atoms. The van der Waals surface area contributed by atoms with Crippen molar-refractivity contribution in [1.29, 1.82) is 0 Å². The molecular weight excluding hydrogens is 395 g/mol. The van der Waals surface area contributed by atoms with Crippen molar-refractivity contribution in [2.45, 2.75) is 0 Å². The standard InChI is InChI=1S/C17H15IO4/c1-21-16-10-12(5-6-13(16)18)14(19)7-3-11-4-8-15(20)17(9-11)22-2/h3-10,20H,1-2H3/b7-3+. The Morgan fingerprint density at radius 1 is 1.09 bits per heavy atom. The summed E-state index contributed by atoms with van der Waals surface area (Å²) in [6, 6.07) is 10.2. The summed E-state index contributed by atoms with van der Waals surface area (Å²) in [6.07, 6.45) is 3.15. The third-order valence-corrected chi connectivity index (χ3v) is 3.96. The van der Waals surface area contributed by atoms with Crippen molar-refractivity contribution in [1.82, 2.24) is 0 Å². The molecule has 0 atom stereocenters. The maximum absolute atomic E-state index is 12.2. The van der Waals surface area contributed by atoms with Crippen LogP contribution >= 0.6 is 22.6 Å². The van der Waals surface area contributed by atoms with E-state index in [0.717, 1.165) is 9.13 Å². The monoisotopic (exact) mass is 410 g/mol. The number of ketones is 1. The summed E-state index contributed by atoms with van der Waals surface area (Å²) < 4.78 is 11.2. The molecular formula is C17H15IO4. The largest absolute Gasteiger partial charge is 0.504 e. The number of methoxy groups -OCH3 is 2. The number of halogens is 1. The van der Waals surface area contributed by atoms with E-state index in [0.29, 0.717) is 17.1 Å². The molecule has 2 aromatic rings. The fourth-order valence-electron chi connectivity index (χ4n) is 1.88. The number of hydrogen-bond donors (Lipinski definition) is 1. The van der Waals surface area contributed by atoms with E-state index in [4.69, 9.17) is 9.47 Å². The fraction of sp³-hybridized carbons (Fsp3) is 0.118. The smallest absolute Gasteiger partial charge is 0.185 e. The molecule has 4 nitrogen and oxygen atoms in total. The van der Waals surface area contributed by atoms with Gasteiger partial charge in [0.05, 0.1) is 17.8 Å². The first kappa shape index (κ1) is 16.4. The zero-order valence-corrected chi connectivity index (χ0v) is 14.3. The lowest BCUT2D eigenvalue weighted by molar-refractivity contribution is 0.104. The van der Waals surface area contributed by atoms with E-state index in [2.05, 4.69) is 22.6 Å². The van der Waals surface area contributed by atoms with Crippen LogP contribution in [0.1, 0.15) is 15.9 Å². The van der Waals surface area contributed by atoms with Gasteiger partial charge in [0, 0.05) is 5.56 Å². The predicted octanol–water partition coefficient (Wildman–Crippen LogP) is 3.91. The molecule has 0 bridgehead atoms. The van der Waals surface area contributed by atoms with E-state index in [1.165, 1.54) is 19.3 Å². The van der Waals surface area contributed by atoms with Crippen LogP contribution in [0.4, 0.5) is 0 Å². The molecule has 1 N–H and O–H groups in total. The Labute approximate surface area is 142 Å². The molecule has 22 heavy (non-hydrogen) atoms.